The summed E-state index contributed by atoms with van der Waals surface area (Å²) in [4.78, 5) is 12.0. The van der Waals surface area contributed by atoms with E-state index in [0.29, 0.717) is 13.3 Å². The van der Waals surface area contributed by atoms with E-state index in [2.05, 4.69) is 43.7 Å². The van der Waals surface area contributed by atoms with Crippen molar-refractivity contribution in [2.75, 3.05) is 18.7 Å². The zero-order chi connectivity index (χ0) is 15.6. The SMILES string of the molecule is COCN1c2cc(Cn3cnnn3)ccc2Sc2nccnc21. The Hall–Kier alpha value is -2.52. The Balaban J connectivity index is 1.73. The van der Waals surface area contributed by atoms with Crippen molar-refractivity contribution in [3.05, 3.63) is 42.5 Å². The molecule has 116 valence electrons. The summed E-state index contributed by atoms with van der Waals surface area (Å²) < 4.78 is 7.04. The number of ether oxygens (including phenoxy) is 1. The fraction of sp³-hybridized carbons (Fsp3) is 0.214. The maximum absolute atomic E-state index is 5.35. The molecule has 0 saturated heterocycles. The molecule has 3 aromatic rings. The summed E-state index contributed by atoms with van der Waals surface area (Å²) in [7, 11) is 1.67. The summed E-state index contributed by atoms with van der Waals surface area (Å²) >= 11 is 1.61. The zero-order valence-electron chi connectivity index (χ0n) is 12.3. The molecule has 23 heavy (non-hydrogen) atoms. The lowest BCUT2D eigenvalue weighted by atomic mass is 10.2. The van der Waals surface area contributed by atoms with Gasteiger partial charge >= 0.3 is 0 Å². The van der Waals surface area contributed by atoms with Gasteiger partial charge in [-0.15, -0.1) is 5.10 Å². The van der Waals surface area contributed by atoms with Crippen LogP contribution in [0, 0.1) is 0 Å². The van der Waals surface area contributed by atoms with Gasteiger partial charge in [0.1, 0.15) is 18.1 Å². The van der Waals surface area contributed by atoms with Crippen LogP contribution < -0.4 is 4.90 Å². The number of hydrogen-bond donors (Lipinski definition) is 0. The molecule has 9 heteroatoms. The standard InChI is InChI=1S/C14H13N7OS/c1-22-9-21-11-6-10(7-20-8-17-18-19-20)2-3-12(11)23-14-13(21)15-4-5-16-14/h2-6,8H,7,9H2,1H3. The summed E-state index contributed by atoms with van der Waals surface area (Å²) in [5, 5.41) is 12.1. The highest BCUT2D eigenvalue weighted by atomic mass is 32.2. The molecule has 1 aliphatic rings. The molecule has 0 N–H and O–H groups in total. The molecular weight excluding hydrogens is 314 g/mol. The first-order valence-corrected chi connectivity index (χ1v) is 7.76. The van der Waals surface area contributed by atoms with Crippen LogP contribution in [-0.2, 0) is 11.3 Å². The average molecular weight is 327 g/mol. The van der Waals surface area contributed by atoms with Gasteiger partial charge in [0.05, 0.1) is 12.2 Å². The van der Waals surface area contributed by atoms with Crippen molar-refractivity contribution in [3.8, 4) is 0 Å². The molecule has 0 radical (unpaired) electrons. The van der Waals surface area contributed by atoms with Crippen molar-refractivity contribution in [1.82, 2.24) is 30.2 Å². The van der Waals surface area contributed by atoms with Gasteiger partial charge < -0.3 is 4.74 Å². The molecule has 2 aromatic heterocycles. The van der Waals surface area contributed by atoms with Crippen LogP contribution in [0.5, 0.6) is 0 Å². The Morgan fingerprint density at radius 3 is 2.96 bits per heavy atom. The monoisotopic (exact) mass is 327 g/mol. The molecule has 0 unspecified atom stereocenters. The van der Waals surface area contributed by atoms with Crippen LogP contribution in [0.2, 0.25) is 0 Å². The van der Waals surface area contributed by atoms with Crippen LogP contribution in [0.15, 0.2) is 46.8 Å². The number of tetrazole rings is 1. The molecule has 0 spiro atoms. The van der Waals surface area contributed by atoms with Crippen LogP contribution in [0.25, 0.3) is 0 Å². The topological polar surface area (TPSA) is 81.9 Å². The third-order valence-corrected chi connectivity index (χ3v) is 4.46. The number of benzene rings is 1. The lowest BCUT2D eigenvalue weighted by Crippen LogP contribution is -2.24. The molecule has 0 fully saturated rings. The van der Waals surface area contributed by atoms with Gasteiger partial charge in [-0.2, -0.15) is 0 Å². The summed E-state index contributed by atoms with van der Waals surface area (Å²) in [6, 6.07) is 6.26. The van der Waals surface area contributed by atoms with E-state index in [-0.39, 0.29) is 0 Å². The highest BCUT2D eigenvalue weighted by Gasteiger charge is 2.25. The van der Waals surface area contributed by atoms with E-state index in [4.69, 9.17) is 4.74 Å². The third kappa shape index (κ3) is 2.64. The number of hydrogen-bond acceptors (Lipinski definition) is 8. The Bertz CT molecular complexity index is 824. The van der Waals surface area contributed by atoms with E-state index in [1.54, 1.807) is 42.3 Å². The molecular formula is C14H13N7OS. The molecule has 4 rings (SSSR count). The normalized spacial score (nSPS) is 12.8. The number of rotatable bonds is 4. The largest absolute Gasteiger partial charge is 0.364 e. The molecule has 0 saturated carbocycles. The number of aromatic nitrogens is 6. The average Bonchev–Trinajstić information content (AvgIpc) is 3.08. The number of anilines is 2. The van der Waals surface area contributed by atoms with E-state index in [1.165, 1.54) is 0 Å². The van der Waals surface area contributed by atoms with Gasteiger partial charge in [0, 0.05) is 24.4 Å². The molecule has 8 nitrogen and oxygen atoms in total. The maximum atomic E-state index is 5.35. The molecule has 0 bridgehead atoms. The second-order valence-corrected chi connectivity index (χ2v) is 5.97. The summed E-state index contributed by atoms with van der Waals surface area (Å²) in [6.07, 6.45) is 4.99. The molecule has 1 aliphatic heterocycles. The van der Waals surface area contributed by atoms with Gasteiger partial charge in [-0.3, -0.25) is 4.90 Å². The Morgan fingerprint density at radius 1 is 1.22 bits per heavy atom. The van der Waals surface area contributed by atoms with Crippen LogP contribution in [0.1, 0.15) is 5.56 Å². The van der Waals surface area contributed by atoms with Gasteiger partial charge in [-0.1, -0.05) is 17.8 Å². The van der Waals surface area contributed by atoms with Gasteiger partial charge in [-0.05, 0) is 28.1 Å². The Morgan fingerprint density at radius 2 is 2.13 bits per heavy atom. The van der Waals surface area contributed by atoms with Gasteiger partial charge in [0.2, 0.25) is 0 Å². The van der Waals surface area contributed by atoms with Crippen molar-refractivity contribution in [2.45, 2.75) is 16.5 Å². The first-order chi connectivity index (χ1) is 11.3. The van der Waals surface area contributed by atoms with Crippen molar-refractivity contribution < 1.29 is 4.74 Å². The van der Waals surface area contributed by atoms with Crippen LogP contribution in [0.4, 0.5) is 11.5 Å². The molecule has 1 aromatic carbocycles. The minimum atomic E-state index is 0.410. The van der Waals surface area contributed by atoms with Gasteiger partial charge in [-0.25, -0.2) is 14.6 Å². The molecule has 0 aliphatic carbocycles. The third-order valence-electron chi connectivity index (χ3n) is 3.42. The van der Waals surface area contributed by atoms with Crippen molar-refractivity contribution in [3.63, 3.8) is 0 Å². The summed E-state index contributed by atoms with van der Waals surface area (Å²) in [6.45, 7) is 1.02. The molecule has 3 heterocycles. The fourth-order valence-corrected chi connectivity index (χ4v) is 3.44. The van der Waals surface area contributed by atoms with E-state index in [1.807, 2.05) is 4.90 Å². The van der Waals surface area contributed by atoms with Crippen molar-refractivity contribution >= 4 is 23.3 Å². The predicted molar refractivity (Wildman–Crippen MR) is 83.5 cm³/mol. The number of methoxy groups -OCH3 is 1. The van der Waals surface area contributed by atoms with E-state index in [0.717, 1.165) is 27.0 Å². The first kappa shape index (κ1) is 14.1. The molecule has 0 amide bonds. The number of nitrogens with zero attached hydrogens (tertiary/aromatic N) is 7. The minimum absolute atomic E-state index is 0.410. The highest BCUT2D eigenvalue weighted by Crippen LogP contribution is 2.46. The van der Waals surface area contributed by atoms with Crippen LogP contribution in [-0.4, -0.2) is 44.0 Å². The van der Waals surface area contributed by atoms with Crippen LogP contribution >= 0.6 is 11.8 Å². The van der Waals surface area contributed by atoms with Crippen molar-refractivity contribution in [1.29, 1.82) is 0 Å². The zero-order valence-corrected chi connectivity index (χ0v) is 13.1. The van der Waals surface area contributed by atoms with E-state index >= 15 is 0 Å². The molecule has 0 atom stereocenters. The minimum Gasteiger partial charge on any atom is -0.364 e. The summed E-state index contributed by atoms with van der Waals surface area (Å²) in [5.41, 5.74) is 2.15. The lowest BCUT2D eigenvalue weighted by Gasteiger charge is -2.30. The first-order valence-electron chi connectivity index (χ1n) is 6.94. The number of fused-ring (bicyclic) bond motifs is 2. The van der Waals surface area contributed by atoms with Gasteiger partial charge in [0.15, 0.2) is 5.82 Å². The quantitative estimate of drug-likeness (QED) is 0.716. The maximum Gasteiger partial charge on any atom is 0.168 e. The van der Waals surface area contributed by atoms with E-state index in [9.17, 15) is 0 Å². The van der Waals surface area contributed by atoms with Gasteiger partial charge in [0.25, 0.3) is 0 Å². The Kier molecular flexibility index (Phi) is 3.64. The second kappa shape index (κ2) is 5.94. The predicted octanol–water partition coefficient (Wildman–Crippen LogP) is 1.72. The Labute approximate surface area is 136 Å². The fourth-order valence-electron chi connectivity index (χ4n) is 2.45. The second-order valence-electron chi connectivity index (χ2n) is 4.94. The summed E-state index contributed by atoms with van der Waals surface area (Å²) in [5.74, 6) is 0.812. The van der Waals surface area contributed by atoms with Crippen LogP contribution in [0.3, 0.4) is 0 Å². The smallest absolute Gasteiger partial charge is 0.168 e. The lowest BCUT2D eigenvalue weighted by molar-refractivity contribution is 0.204. The van der Waals surface area contributed by atoms with E-state index < -0.39 is 0 Å². The highest BCUT2D eigenvalue weighted by molar-refractivity contribution is 7.99. The van der Waals surface area contributed by atoms with Crippen molar-refractivity contribution in [2.24, 2.45) is 0 Å².